The molecule has 2 amide bonds. The summed E-state index contributed by atoms with van der Waals surface area (Å²) in [5.41, 5.74) is 3.44. The second kappa shape index (κ2) is 8.42. The molecule has 0 unspecified atom stereocenters. The van der Waals surface area contributed by atoms with Gasteiger partial charge in [-0.25, -0.2) is 10.4 Å². The highest BCUT2D eigenvalue weighted by atomic mass is 35.5. The summed E-state index contributed by atoms with van der Waals surface area (Å²) < 4.78 is 0. The molecule has 0 aliphatic carbocycles. The van der Waals surface area contributed by atoms with Gasteiger partial charge in [0.2, 0.25) is 5.91 Å². The highest BCUT2D eigenvalue weighted by Gasteiger charge is 2.08. The highest BCUT2D eigenvalue weighted by molar-refractivity contribution is 6.30. The lowest BCUT2D eigenvalue weighted by Crippen LogP contribution is -2.21. The van der Waals surface area contributed by atoms with Crippen molar-refractivity contribution < 1.29 is 9.59 Å². The summed E-state index contributed by atoms with van der Waals surface area (Å²) in [7, 11) is 0. The van der Waals surface area contributed by atoms with Gasteiger partial charge in [-0.3, -0.25) is 9.59 Å². The van der Waals surface area contributed by atoms with Gasteiger partial charge in [-0.1, -0.05) is 41.9 Å². The molecule has 2 aromatic carbocycles. The van der Waals surface area contributed by atoms with Gasteiger partial charge in [0.05, 0.1) is 11.4 Å². The Morgan fingerprint density at radius 3 is 2.59 bits per heavy atom. The topological polar surface area (TPSA) is 83.4 Å². The number of halogens is 1. The molecule has 0 atom stereocenters. The highest BCUT2D eigenvalue weighted by Crippen LogP contribution is 2.15. The van der Waals surface area contributed by atoms with Crippen molar-refractivity contribution in [3.8, 4) is 0 Å². The third kappa shape index (κ3) is 5.12. The quantitative estimate of drug-likeness (QED) is 0.518. The van der Waals surface area contributed by atoms with Crippen molar-refractivity contribution in [2.24, 2.45) is 5.10 Å². The van der Waals surface area contributed by atoms with Crippen LogP contribution in [-0.4, -0.2) is 22.5 Å². The van der Waals surface area contributed by atoms with Gasteiger partial charge >= 0.3 is 0 Å². The standard InChI is InChI=1S/C20H17ClN4O2/c1-13(10-19(26)23-18-9-8-17(21)12-22-18)24-25-20(27)16-7-6-14-4-2-3-5-15(14)11-16/h2-9,11-12H,10H2,1H3,(H,25,27)(H,22,23,26)/b24-13+. The van der Waals surface area contributed by atoms with Crippen LogP contribution in [0.2, 0.25) is 5.02 Å². The third-order valence-corrected chi connectivity index (χ3v) is 3.99. The van der Waals surface area contributed by atoms with Crippen molar-refractivity contribution in [1.29, 1.82) is 0 Å². The number of fused-ring (bicyclic) bond motifs is 1. The number of nitrogens with zero attached hydrogens (tertiary/aromatic N) is 2. The van der Waals surface area contributed by atoms with Gasteiger partial charge in [-0.15, -0.1) is 0 Å². The maximum absolute atomic E-state index is 12.3. The third-order valence-electron chi connectivity index (χ3n) is 3.77. The van der Waals surface area contributed by atoms with Crippen LogP contribution in [0.4, 0.5) is 5.82 Å². The van der Waals surface area contributed by atoms with Gasteiger partial charge in [0.1, 0.15) is 5.82 Å². The molecular formula is C20H17ClN4O2. The van der Waals surface area contributed by atoms with Crippen LogP contribution in [0.25, 0.3) is 10.8 Å². The Morgan fingerprint density at radius 1 is 1.07 bits per heavy atom. The predicted molar refractivity (Wildman–Crippen MR) is 107 cm³/mol. The lowest BCUT2D eigenvalue weighted by molar-refractivity contribution is -0.115. The van der Waals surface area contributed by atoms with Crippen LogP contribution >= 0.6 is 11.6 Å². The number of amides is 2. The SMILES string of the molecule is C/C(CC(=O)Nc1ccc(Cl)cn1)=N\NC(=O)c1ccc2ccccc2c1. The Bertz CT molecular complexity index is 1020. The number of carbonyl (C=O) groups is 2. The fraction of sp³-hybridized carbons (Fsp3) is 0.100. The van der Waals surface area contributed by atoms with Crippen LogP contribution in [0.15, 0.2) is 65.9 Å². The van der Waals surface area contributed by atoms with Crippen molar-refractivity contribution in [1.82, 2.24) is 10.4 Å². The number of aromatic nitrogens is 1. The minimum absolute atomic E-state index is 0.0301. The normalized spacial score (nSPS) is 11.3. The molecule has 7 heteroatoms. The summed E-state index contributed by atoms with van der Waals surface area (Å²) in [4.78, 5) is 28.2. The van der Waals surface area contributed by atoms with E-state index in [1.807, 2.05) is 30.3 Å². The Morgan fingerprint density at radius 2 is 1.85 bits per heavy atom. The summed E-state index contributed by atoms with van der Waals surface area (Å²) in [5, 5.41) is 9.15. The van der Waals surface area contributed by atoms with E-state index in [9.17, 15) is 9.59 Å². The second-order valence-electron chi connectivity index (χ2n) is 5.94. The van der Waals surface area contributed by atoms with Gasteiger partial charge in [0, 0.05) is 17.5 Å². The number of benzene rings is 2. The van der Waals surface area contributed by atoms with Crippen molar-refractivity contribution >= 4 is 45.7 Å². The molecule has 0 spiro atoms. The molecule has 3 rings (SSSR count). The molecule has 27 heavy (non-hydrogen) atoms. The summed E-state index contributed by atoms with van der Waals surface area (Å²) in [6, 6.07) is 16.4. The van der Waals surface area contributed by atoms with Crippen LogP contribution in [0, 0.1) is 0 Å². The maximum atomic E-state index is 12.3. The van der Waals surface area contributed by atoms with E-state index in [4.69, 9.17) is 11.6 Å². The molecule has 0 saturated heterocycles. The number of anilines is 1. The molecule has 3 aromatic rings. The molecule has 6 nitrogen and oxygen atoms in total. The zero-order chi connectivity index (χ0) is 19.2. The van der Waals surface area contributed by atoms with Crippen molar-refractivity contribution in [3.05, 3.63) is 71.4 Å². The van der Waals surface area contributed by atoms with Crippen molar-refractivity contribution in [2.45, 2.75) is 13.3 Å². The predicted octanol–water partition coefficient (Wildman–Crippen LogP) is 4.02. The van der Waals surface area contributed by atoms with Gasteiger partial charge in [0.15, 0.2) is 0 Å². The van der Waals surface area contributed by atoms with Gasteiger partial charge in [-0.05, 0) is 42.0 Å². The van der Waals surface area contributed by atoms with Crippen LogP contribution in [0.3, 0.4) is 0 Å². The Hall–Kier alpha value is -3.25. The zero-order valence-corrected chi connectivity index (χ0v) is 15.3. The lowest BCUT2D eigenvalue weighted by Gasteiger charge is -2.05. The molecule has 1 aromatic heterocycles. The first kappa shape index (κ1) is 18.5. The van der Waals surface area contributed by atoms with Crippen molar-refractivity contribution in [2.75, 3.05) is 5.32 Å². The average Bonchev–Trinajstić information content (AvgIpc) is 2.67. The number of hydrogen-bond donors (Lipinski definition) is 2. The van der Waals surface area contributed by atoms with E-state index in [2.05, 4.69) is 20.8 Å². The van der Waals surface area contributed by atoms with E-state index in [-0.39, 0.29) is 18.2 Å². The van der Waals surface area contributed by atoms with Crippen LogP contribution < -0.4 is 10.7 Å². The Balaban J connectivity index is 1.57. The minimum atomic E-state index is -0.333. The first-order valence-electron chi connectivity index (χ1n) is 8.25. The lowest BCUT2D eigenvalue weighted by atomic mass is 10.1. The van der Waals surface area contributed by atoms with E-state index in [0.29, 0.717) is 22.1 Å². The number of hydrazone groups is 1. The molecule has 0 bridgehead atoms. The molecule has 0 radical (unpaired) electrons. The monoisotopic (exact) mass is 380 g/mol. The van der Waals surface area contributed by atoms with Gasteiger partial charge < -0.3 is 5.32 Å². The smallest absolute Gasteiger partial charge is 0.271 e. The van der Waals surface area contributed by atoms with Gasteiger partial charge in [-0.2, -0.15) is 5.10 Å². The summed E-state index contributed by atoms with van der Waals surface area (Å²) in [6.45, 7) is 1.66. The molecule has 0 aliphatic rings. The van der Waals surface area contributed by atoms with Gasteiger partial charge in [0.25, 0.3) is 5.91 Å². The van der Waals surface area contributed by atoms with Crippen LogP contribution in [0.1, 0.15) is 23.7 Å². The number of hydrogen-bond acceptors (Lipinski definition) is 4. The fourth-order valence-electron chi connectivity index (χ4n) is 2.45. The molecular weight excluding hydrogens is 364 g/mol. The fourth-order valence-corrected chi connectivity index (χ4v) is 2.56. The second-order valence-corrected chi connectivity index (χ2v) is 6.37. The number of carbonyl (C=O) groups excluding carboxylic acids is 2. The van der Waals surface area contributed by atoms with Crippen LogP contribution in [0.5, 0.6) is 0 Å². The summed E-state index contributed by atoms with van der Waals surface area (Å²) in [5.74, 6) is -0.219. The number of nitrogens with one attached hydrogen (secondary N) is 2. The Kier molecular flexibility index (Phi) is 5.78. The average molecular weight is 381 g/mol. The van der Waals surface area contributed by atoms with E-state index < -0.39 is 0 Å². The van der Waals surface area contributed by atoms with E-state index in [1.54, 1.807) is 31.2 Å². The molecule has 2 N–H and O–H groups in total. The van der Waals surface area contributed by atoms with E-state index in [0.717, 1.165) is 10.8 Å². The van der Waals surface area contributed by atoms with Crippen LogP contribution in [-0.2, 0) is 4.79 Å². The van der Waals surface area contributed by atoms with E-state index in [1.165, 1.54) is 6.20 Å². The first-order valence-corrected chi connectivity index (χ1v) is 8.63. The first-order chi connectivity index (χ1) is 13.0. The van der Waals surface area contributed by atoms with E-state index >= 15 is 0 Å². The molecule has 136 valence electrons. The number of rotatable bonds is 5. The summed E-state index contributed by atoms with van der Waals surface area (Å²) >= 11 is 5.75. The minimum Gasteiger partial charge on any atom is -0.310 e. The molecule has 0 aliphatic heterocycles. The molecule has 1 heterocycles. The van der Waals surface area contributed by atoms with Crippen molar-refractivity contribution in [3.63, 3.8) is 0 Å². The maximum Gasteiger partial charge on any atom is 0.271 e. The summed E-state index contributed by atoms with van der Waals surface area (Å²) in [6.07, 6.45) is 1.48. The Labute approximate surface area is 161 Å². The molecule has 0 fully saturated rings. The number of pyridine rings is 1. The molecule has 0 saturated carbocycles. The largest absolute Gasteiger partial charge is 0.310 e. The zero-order valence-electron chi connectivity index (χ0n) is 14.6.